The SMILES string of the molecule is CCC(CNC(C)(C)C)Cc1cnn(C)c1. The monoisotopic (exact) mass is 223 g/mol. The van der Waals surface area contributed by atoms with Gasteiger partial charge >= 0.3 is 0 Å². The highest BCUT2D eigenvalue weighted by atomic mass is 15.2. The Morgan fingerprint density at radius 1 is 1.44 bits per heavy atom. The molecule has 1 atom stereocenters. The lowest BCUT2D eigenvalue weighted by Crippen LogP contribution is -2.39. The normalized spacial score (nSPS) is 14.1. The van der Waals surface area contributed by atoms with E-state index in [1.54, 1.807) is 0 Å². The molecule has 0 spiro atoms. The summed E-state index contributed by atoms with van der Waals surface area (Å²) in [5, 5.41) is 7.78. The Morgan fingerprint density at radius 2 is 2.12 bits per heavy atom. The summed E-state index contributed by atoms with van der Waals surface area (Å²) in [7, 11) is 1.97. The summed E-state index contributed by atoms with van der Waals surface area (Å²) in [6.45, 7) is 9.97. The molecule has 0 bridgehead atoms. The van der Waals surface area contributed by atoms with Crippen molar-refractivity contribution >= 4 is 0 Å². The lowest BCUT2D eigenvalue weighted by atomic mass is 9.97. The van der Waals surface area contributed by atoms with E-state index >= 15 is 0 Å². The number of rotatable bonds is 5. The molecule has 1 aromatic heterocycles. The Labute approximate surface area is 99.2 Å². The number of hydrogen-bond acceptors (Lipinski definition) is 2. The van der Waals surface area contributed by atoms with Gasteiger partial charge in [0, 0.05) is 18.8 Å². The first-order chi connectivity index (χ1) is 7.40. The van der Waals surface area contributed by atoms with Crippen molar-refractivity contribution in [2.75, 3.05) is 6.54 Å². The van der Waals surface area contributed by atoms with Crippen LogP contribution in [0.15, 0.2) is 12.4 Å². The molecular weight excluding hydrogens is 198 g/mol. The van der Waals surface area contributed by atoms with E-state index in [0.717, 1.165) is 13.0 Å². The van der Waals surface area contributed by atoms with Gasteiger partial charge in [-0.2, -0.15) is 5.10 Å². The topological polar surface area (TPSA) is 29.9 Å². The molecule has 1 N–H and O–H groups in total. The minimum atomic E-state index is 0.211. The molecule has 3 heteroatoms. The maximum Gasteiger partial charge on any atom is 0.0521 e. The first-order valence-electron chi connectivity index (χ1n) is 6.13. The Kier molecular flexibility index (Phi) is 4.54. The molecule has 0 fully saturated rings. The quantitative estimate of drug-likeness (QED) is 0.830. The third-order valence-corrected chi connectivity index (χ3v) is 2.78. The third-order valence-electron chi connectivity index (χ3n) is 2.78. The van der Waals surface area contributed by atoms with E-state index in [9.17, 15) is 0 Å². The van der Waals surface area contributed by atoms with E-state index in [1.807, 2.05) is 17.9 Å². The van der Waals surface area contributed by atoms with Crippen LogP contribution in [0.3, 0.4) is 0 Å². The zero-order valence-corrected chi connectivity index (χ0v) is 11.2. The lowest BCUT2D eigenvalue weighted by Gasteiger charge is -2.24. The predicted octanol–water partition coefficient (Wildman–Crippen LogP) is 2.38. The van der Waals surface area contributed by atoms with Crippen LogP contribution in [0.5, 0.6) is 0 Å². The minimum Gasteiger partial charge on any atom is -0.312 e. The summed E-state index contributed by atoms with van der Waals surface area (Å²) in [5.41, 5.74) is 1.55. The van der Waals surface area contributed by atoms with E-state index in [4.69, 9.17) is 0 Å². The van der Waals surface area contributed by atoms with Crippen molar-refractivity contribution in [2.45, 2.75) is 46.1 Å². The fraction of sp³-hybridized carbons (Fsp3) is 0.769. The summed E-state index contributed by atoms with van der Waals surface area (Å²) in [6.07, 6.45) is 6.41. The number of nitrogens with zero attached hydrogens (tertiary/aromatic N) is 2. The average molecular weight is 223 g/mol. The highest BCUT2D eigenvalue weighted by Gasteiger charge is 2.13. The van der Waals surface area contributed by atoms with Gasteiger partial charge in [-0.15, -0.1) is 0 Å². The first-order valence-corrected chi connectivity index (χ1v) is 6.13. The molecule has 1 aromatic rings. The summed E-state index contributed by atoms with van der Waals surface area (Å²) < 4.78 is 1.87. The second-order valence-corrected chi connectivity index (χ2v) is 5.63. The molecular formula is C13H25N3. The zero-order chi connectivity index (χ0) is 12.2. The standard InChI is InChI=1S/C13H25N3/c1-6-11(8-14-13(2,3)4)7-12-9-15-16(5)10-12/h9-11,14H,6-8H2,1-5H3. The van der Waals surface area contributed by atoms with Crippen LogP contribution >= 0.6 is 0 Å². The van der Waals surface area contributed by atoms with Crippen molar-refractivity contribution in [2.24, 2.45) is 13.0 Å². The summed E-state index contributed by atoms with van der Waals surface area (Å²) in [4.78, 5) is 0. The van der Waals surface area contributed by atoms with Gasteiger partial charge in [-0.3, -0.25) is 4.68 Å². The second kappa shape index (κ2) is 5.48. The van der Waals surface area contributed by atoms with Crippen molar-refractivity contribution in [1.82, 2.24) is 15.1 Å². The summed E-state index contributed by atoms with van der Waals surface area (Å²) in [5.74, 6) is 0.698. The van der Waals surface area contributed by atoms with Gasteiger partial charge in [0.2, 0.25) is 0 Å². The highest BCUT2D eigenvalue weighted by Crippen LogP contribution is 2.12. The van der Waals surface area contributed by atoms with Gasteiger partial charge in [0.1, 0.15) is 0 Å². The Bertz CT molecular complexity index is 309. The van der Waals surface area contributed by atoms with Crippen LogP contribution in [0.25, 0.3) is 0 Å². The molecule has 0 aliphatic rings. The van der Waals surface area contributed by atoms with E-state index < -0.39 is 0 Å². The molecule has 0 aromatic carbocycles. The van der Waals surface area contributed by atoms with Gasteiger partial charge in [-0.1, -0.05) is 13.3 Å². The number of nitrogens with one attached hydrogen (secondary N) is 1. The Morgan fingerprint density at radius 3 is 2.56 bits per heavy atom. The smallest absolute Gasteiger partial charge is 0.0521 e. The molecule has 0 amide bonds. The summed E-state index contributed by atoms with van der Waals surface area (Å²) >= 11 is 0. The lowest BCUT2D eigenvalue weighted by molar-refractivity contribution is 0.363. The van der Waals surface area contributed by atoms with Crippen LogP contribution in [-0.2, 0) is 13.5 Å². The van der Waals surface area contributed by atoms with Crippen LogP contribution in [-0.4, -0.2) is 21.9 Å². The van der Waals surface area contributed by atoms with Crippen molar-refractivity contribution in [3.63, 3.8) is 0 Å². The van der Waals surface area contributed by atoms with Crippen LogP contribution < -0.4 is 5.32 Å². The van der Waals surface area contributed by atoms with Gasteiger partial charge in [0.25, 0.3) is 0 Å². The maximum atomic E-state index is 4.21. The van der Waals surface area contributed by atoms with E-state index in [0.29, 0.717) is 5.92 Å². The van der Waals surface area contributed by atoms with Crippen LogP contribution in [0.4, 0.5) is 0 Å². The van der Waals surface area contributed by atoms with Gasteiger partial charge in [0.05, 0.1) is 6.20 Å². The van der Waals surface area contributed by atoms with E-state index in [-0.39, 0.29) is 5.54 Å². The molecule has 0 aliphatic carbocycles. The van der Waals surface area contributed by atoms with Crippen LogP contribution in [0, 0.1) is 5.92 Å². The fourth-order valence-electron chi connectivity index (χ4n) is 1.72. The summed E-state index contributed by atoms with van der Waals surface area (Å²) in [6, 6.07) is 0. The molecule has 0 radical (unpaired) electrons. The zero-order valence-electron chi connectivity index (χ0n) is 11.2. The van der Waals surface area contributed by atoms with Crippen molar-refractivity contribution < 1.29 is 0 Å². The van der Waals surface area contributed by atoms with E-state index in [1.165, 1.54) is 12.0 Å². The molecule has 1 unspecified atom stereocenters. The van der Waals surface area contributed by atoms with Gasteiger partial charge < -0.3 is 5.32 Å². The second-order valence-electron chi connectivity index (χ2n) is 5.63. The Hall–Kier alpha value is -0.830. The van der Waals surface area contributed by atoms with Gasteiger partial charge in [-0.05, 0) is 45.2 Å². The van der Waals surface area contributed by atoms with E-state index in [2.05, 4.69) is 44.3 Å². The third kappa shape index (κ3) is 4.79. The molecule has 0 saturated heterocycles. The molecule has 92 valence electrons. The van der Waals surface area contributed by atoms with Gasteiger partial charge in [0.15, 0.2) is 0 Å². The van der Waals surface area contributed by atoms with Crippen LogP contribution in [0.1, 0.15) is 39.7 Å². The van der Waals surface area contributed by atoms with Crippen molar-refractivity contribution in [1.29, 1.82) is 0 Å². The predicted molar refractivity (Wildman–Crippen MR) is 68.4 cm³/mol. The number of aryl methyl sites for hydroxylation is 1. The minimum absolute atomic E-state index is 0.211. The van der Waals surface area contributed by atoms with Crippen LogP contribution in [0.2, 0.25) is 0 Å². The number of hydrogen-bond donors (Lipinski definition) is 1. The first kappa shape index (κ1) is 13.2. The molecule has 3 nitrogen and oxygen atoms in total. The highest BCUT2D eigenvalue weighted by molar-refractivity contribution is 5.04. The molecule has 16 heavy (non-hydrogen) atoms. The molecule has 1 heterocycles. The molecule has 1 rings (SSSR count). The van der Waals surface area contributed by atoms with Gasteiger partial charge in [-0.25, -0.2) is 0 Å². The average Bonchev–Trinajstić information content (AvgIpc) is 2.57. The maximum absolute atomic E-state index is 4.21. The molecule has 0 aliphatic heterocycles. The van der Waals surface area contributed by atoms with Crippen molar-refractivity contribution in [3.05, 3.63) is 18.0 Å². The molecule has 0 saturated carbocycles. The largest absolute Gasteiger partial charge is 0.312 e. The fourth-order valence-corrected chi connectivity index (χ4v) is 1.72. The Balaban J connectivity index is 2.43. The number of aromatic nitrogens is 2. The van der Waals surface area contributed by atoms with Crippen molar-refractivity contribution in [3.8, 4) is 0 Å².